The standard InChI is InChI=1S/C22H25F3N6O2S/c1-12(2)13-7-8-26-15(9-13)17-28-19(34-30-17)29-18-16(10-14(11-27-18)22(23,24)25)31(6)20(32)33-21(3,4)5/h7-12H,1-6H3,(H,27,28,29,30). The number of pyridine rings is 2. The summed E-state index contributed by atoms with van der Waals surface area (Å²) in [6, 6.07) is 4.62. The lowest BCUT2D eigenvalue weighted by atomic mass is 10.0. The van der Waals surface area contributed by atoms with Gasteiger partial charge in [-0.2, -0.15) is 22.5 Å². The second-order valence-corrected chi connectivity index (χ2v) is 9.56. The zero-order chi connectivity index (χ0) is 25.3. The van der Waals surface area contributed by atoms with Gasteiger partial charge in [0.2, 0.25) is 5.13 Å². The molecule has 0 saturated carbocycles. The second-order valence-electron chi connectivity index (χ2n) is 8.81. The Balaban J connectivity index is 1.94. The molecule has 12 heteroatoms. The zero-order valence-electron chi connectivity index (χ0n) is 19.6. The number of anilines is 3. The van der Waals surface area contributed by atoms with E-state index in [1.807, 2.05) is 12.1 Å². The Bertz CT molecular complexity index is 1170. The van der Waals surface area contributed by atoms with Crippen LogP contribution < -0.4 is 10.2 Å². The maximum Gasteiger partial charge on any atom is 0.417 e. The molecule has 0 aromatic carbocycles. The number of alkyl halides is 3. The topological polar surface area (TPSA) is 93.1 Å². The van der Waals surface area contributed by atoms with Crippen LogP contribution in [0.3, 0.4) is 0 Å². The first-order valence-electron chi connectivity index (χ1n) is 10.4. The van der Waals surface area contributed by atoms with Crippen molar-refractivity contribution in [2.75, 3.05) is 17.3 Å². The molecule has 3 rings (SSSR count). The highest BCUT2D eigenvalue weighted by molar-refractivity contribution is 7.09. The number of ether oxygens (including phenoxy) is 1. The van der Waals surface area contributed by atoms with Crippen LogP contribution in [0.1, 0.15) is 51.7 Å². The number of hydrogen-bond acceptors (Lipinski definition) is 8. The minimum absolute atomic E-state index is 0.00653. The first kappa shape index (κ1) is 25.3. The highest BCUT2D eigenvalue weighted by Crippen LogP contribution is 2.36. The van der Waals surface area contributed by atoms with Crippen molar-refractivity contribution in [2.24, 2.45) is 0 Å². The molecule has 0 aliphatic heterocycles. The number of halogens is 3. The van der Waals surface area contributed by atoms with E-state index in [1.165, 1.54) is 7.05 Å². The van der Waals surface area contributed by atoms with Crippen molar-refractivity contribution >= 4 is 34.3 Å². The van der Waals surface area contributed by atoms with Gasteiger partial charge in [0.15, 0.2) is 11.6 Å². The van der Waals surface area contributed by atoms with Gasteiger partial charge in [-0.25, -0.2) is 9.78 Å². The predicted molar refractivity (Wildman–Crippen MR) is 124 cm³/mol. The van der Waals surface area contributed by atoms with E-state index in [0.717, 1.165) is 28.1 Å². The van der Waals surface area contributed by atoms with Crippen LogP contribution >= 0.6 is 11.5 Å². The molecule has 0 bridgehead atoms. The first-order valence-corrected chi connectivity index (χ1v) is 11.1. The van der Waals surface area contributed by atoms with Gasteiger partial charge in [-0.1, -0.05) is 13.8 Å². The van der Waals surface area contributed by atoms with Gasteiger partial charge >= 0.3 is 12.3 Å². The summed E-state index contributed by atoms with van der Waals surface area (Å²) in [4.78, 5) is 26.1. The summed E-state index contributed by atoms with van der Waals surface area (Å²) in [5, 5.41) is 3.14. The van der Waals surface area contributed by atoms with Gasteiger partial charge in [0, 0.05) is 31.0 Å². The zero-order valence-corrected chi connectivity index (χ0v) is 20.4. The molecule has 1 amide bonds. The molecule has 0 aliphatic carbocycles. The van der Waals surface area contributed by atoms with Crippen LogP contribution in [-0.4, -0.2) is 38.1 Å². The fourth-order valence-corrected chi connectivity index (χ4v) is 3.37. The summed E-state index contributed by atoms with van der Waals surface area (Å²) in [7, 11) is 1.31. The average Bonchev–Trinajstić information content (AvgIpc) is 3.20. The molecule has 182 valence electrons. The number of nitrogens with zero attached hydrogens (tertiary/aromatic N) is 5. The molecule has 34 heavy (non-hydrogen) atoms. The highest BCUT2D eigenvalue weighted by atomic mass is 32.1. The van der Waals surface area contributed by atoms with Crippen molar-refractivity contribution in [3.05, 3.63) is 41.7 Å². The van der Waals surface area contributed by atoms with E-state index in [0.29, 0.717) is 23.6 Å². The third kappa shape index (κ3) is 6.19. The predicted octanol–water partition coefficient (Wildman–Crippen LogP) is 6.25. The van der Waals surface area contributed by atoms with Gasteiger partial charge in [-0.3, -0.25) is 9.88 Å². The Labute approximate surface area is 199 Å². The molecule has 0 spiro atoms. The third-order valence-electron chi connectivity index (χ3n) is 4.55. The van der Waals surface area contributed by atoms with Crippen molar-refractivity contribution < 1.29 is 22.7 Å². The molecule has 3 aromatic rings. The van der Waals surface area contributed by atoms with Crippen molar-refractivity contribution in [3.63, 3.8) is 0 Å². The number of hydrogen-bond donors (Lipinski definition) is 1. The summed E-state index contributed by atoms with van der Waals surface area (Å²) in [5.74, 6) is 0.650. The summed E-state index contributed by atoms with van der Waals surface area (Å²) < 4.78 is 49.5. The molecule has 0 atom stereocenters. The van der Waals surface area contributed by atoms with Crippen molar-refractivity contribution in [1.29, 1.82) is 0 Å². The van der Waals surface area contributed by atoms with Crippen molar-refractivity contribution in [3.8, 4) is 11.5 Å². The van der Waals surface area contributed by atoms with Crippen molar-refractivity contribution in [2.45, 2.75) is 52.3 Å². The summed E-state index contributed by atoms with van der Waals surface area (Å²) in [6.45, 7) is 9.09. The van der Waals surface area contributed by atoms with Crippen molar-refractivity contribution in [1.82, 2.24) is 19.3 Å². The molecule has 0 fully saturated rings. The van der Waals surface area contributed by atoms with Gasteiger partial charge in [-0.15, -0.1) is 0 Å². The van der Waals surface area contributed by atoms with E-state index in [2.05, 4.69) is 38.5 Å². The fraction of sp³-hybridized carbons (Fsp3) is 0.409. The molecular formula is C22H25F3N6O2S. The molecular weight excluding hydrogens is 469 g/mol. The van der Waals surface area contributed by atoms with Crippen LogP contribution in [0.4, 0.5) is 34.6 Å². The molecule has 0 saturated heterocycles. The smallest absolute Gasteiger partial charge is 0.417 e. The quantitative estimate of drug-likeness (QED) is 0.448. The molecule has 3 aromatic heterocycles. The van der Waals surface area contributed by atoms with Gasteiger partial charge < -0.3 is 10.1 Å². The number of carbonyl (C=O) groups excluding carboxylic acids is 1. The summed E-state index contributed by atoms with van der Waals surface area (Å²) in [5.41, 5.74) is -0.321. The number of amides is 1. The molecule has 3 heterocycles. The van der Waals surface area contributed by atoms with E-state index in [4.69, 9.17) is 4.74 Å². The van der Waals surface area contributed by atoms with Crippen LogP contribution in [0, 0.1) is 0 Å². The van der Waals surface area contributed by atoms with E-state index in [1.54, 1.807) is 27.0 Å². The van der Waals surface area contributed by atoms with E-state index >= 15 is 0 Å². The van der Waals surface area contributed by atoms with Gasteiger partial charge in [0.05, 0.1) is 11.3 Å². The molecule has 8 nitrogen and oxygen atoms in total. The Morgan fingerprint density at radius 1 is 1.18 bits per heavy atom. The average molecular weight is 495 g/mol. The maximum atomic E-state index is 13.3. The minimum Gasteiger partial charge on any atom is -0.443 e. The fourth-order valence-electron chi connectivity index (χ4n) is 2.80. The Hall–Kier alpha value is -3.28. The minimum atomic E-state index is -4.64. The van der Waals surface area contributed by atoms with Gasteiger partial charge in [-0.05, 0) is 50.5 Å². The SMILES string of the molecule is CC(C)c1ccnc(-c2nsc(Nc3ncc(C(F)(F)F)cc3N(C)C(=O)OC(C)(C)C)n2)c1. The van der Waals surface area contributed by atoms with E-state index in [-0.39, 0.29) is 16.6 Å². The summed E-state index contributed by atoms with van der Waals surface area (Å²) >= 11 is 0.993. The second kappa shape index (κ2) is 9.53. The molecule has 0 radical (unpaired) electrons. The molecule has 0 unspecified atom stereocenters. The number of nitrogens with one attached hydrogen (secondary N) is 1. The van der Waals surface area contributed by atoms with Crippen LogP contribution in [0.2, 0.25) is 0 Å². The lowest BCUT2D eigenvalue weighted by molar-refractivity contribution is -0.137. The van der Waals surface area contributed by atoms with E-state index in [9.17, 15) is 18.0 Å². The van der Waals surface area contributed by atoms with Gasteiger partial charge in [0.1, 0.15) is 11.3 Å². The maximum absolute atomic E-state index is 13.3. The molecule has 0 aliphatic rings. The highest BCUT2D eigenvalue weighted by Gasteiger charge is 2.33. The number of aromatic nitrogens is 4. The number of carbonyl (C=O) groups is 1. The third-order valence-corrected chi connectivity index (χ3v) is 5.19. The Morgan fingerprint density at radius 3 is 2.50 bits per heavy atom. The van der Waals surface area contributed by atoms with E-state index < -0.39 is 23.4 Å². The first-order chi connectivity index (χ1) is 15.7. The van der Waals surface area contributed by atoms with Crippen LogP contribution in [0.15, 0.2) is 30.6 Å². The lowest BCUT2D eigenvalue weighted by Gasteiger charge is -2.26. The van der Waals surface area contributed by atoms with Crippen LogP contribution in [0.5, 0.6) is 0 Å². The van der Waals surface area contributed by atoms with Crippen LogP contribution in [-0.2, 0) is 10.9 Å². The normalized spacial score (nSPS) is 12.1. The Kier molecular flexibility index (Phi) is 7.10. The lowest BCUT2D eigenvalue weighted by Crippen LogP contribution is -2.34. The summed E-state index contributed by atoms with van der Waals surface area (Å²) in [6.07, 6.45) is -3.11. The van der Waals surface area contributed by atoms with Gasteiger partial charge in [0.25, 0.3) is 0 Å². The van der Waals surface area contributed by atoms with Crippen LogP contribution in [0.25, 0.3) is 11.5 Å². The Morgan fingerprint density at radius 2 is 1.88 bits per heavy atom. The number of rotatable bonds is 5. The molecule has 1 N–H and O–H groups in total. The monoisotopic (exact) mass is 494 g/mol. The largest absolute Gasteiger partial charge is 0.443 e.